The minimum atomic E-state index is -0.681. The van der Waals surface area contributed by atoms with Crippen molar-refractivity contribution in [3.63, 3.8) is 0 Å². The fraction of sp³-hybridized carbons (Fsp3) is 0.467. The van der Waals surface area contributed by atoms with Gasteiger partial charge in [-0.2, -0.15) is 0 Å². The second-order valence-electron chi connectivity index (χ2n) is 5.84. The SMILES string of the molecule is C[C@@H](C(=O)Nc1ccccc1N)N(C)C(=O)OC(C)(C)C. The Hall–Kier alpha value is -2.24. The molecular weight excluding hydrogens is 270 g/mol. The maximum atomic E-state index is 12.2. The largest absolute Gasteiger partial charge is 0.444 e. The maximum absolute atomic E-state index is 12.2. The number of anilines is 2. The lowest BCUT2D eigenvalue weighted by molar-refractivity contribution is -0.120. The first-order valence-corrected chi connectivity index (χ1v) is 6.73. The number of carbonyl (C=O) groups is 2. The number of nitrogen functional groups attached to an aromatic ring is 1. The molecule has 1 aromatic rings. The predicted octanol–water partition coefficient (Wildman–Crippen LogP) is 2.46. The Bertz CT molecular complexity index is 523. The van der Waals surface area contributed by atoms with Gasteiger partial charge in [-0.3, -0.25) is 9.69 Å². The van der Waals surface area contributed by atoms with Gasteiger partial charge in [0.25, 0.3) is 0 Å². The molecule has 0 saturated heterocycles. The molecule has 0 aliphatic carbocycles. The van der Waals surface area contributed by atoms with Crippen LogP contribution in [0.3, 0.4) is 0 Å². The standard InChI is InChI=1S/C15H23N3O3/c1-10(18(5)14(20)21-15(2,3)4)13(19)17-12-9-7-6-8-11(12)16/h6-10H,16H2,1-5H3,(H,17,19)/t10-/m0/s1. The molecule has 21 heavy (non-hydrogen) atoms. The summed E-state index contributed by atoms with van der Waals surface area (Å²) < 4.78 is 5.23. The smallest absolute Gasteiger partial charge is 0.410 e. The Morgan fingerprint density at radius 3 is 2.38 bits per heavy atom. The van der Waals surface area contributed by atoms with Crippen molar-refractivity contribution in [3.8, 4) is 0 Å². The lowest BCUT2D eigenvalue weighted by atomic mass is 10.2. The minimum absolute atomic E-state index is 0.332. The number of para-hydroxylation sites is 2. The molecule has 116 valence electrons. The van der Waals surface area contributed by atoms with Crippen molar-refractivity contribution >= 4 is 23.4 Å². The molecule has 0 aliphatic heterocycles. The summed E-state index contributed by atoms with van der Waals surface area (Å²) in [6.07, 6.45) is -0.550. The number of benzene rings is 1. The van der Waals surface area contributed by atoms with E-state index < -0.39 is 17.7 Å². The highest BCUT2D eigenvalue weighted by molar-refractivity contribution is 5.98. The van der Waals surface area contributed by atoms with Crippen molar-refractivity contribution in [2.45, 2.75) is 39.3 Å². The summed E-state index contributed by atoms with van der Waals surface area (Å²) in [6.45, 7) is 6.94. The molecule has 3 N–H and O–H groups in total. The van der Waals surface area contributed by atoms with Crippen LogP contribution in [0.5, 0.6) is 0 Å². The third kappa shape index (κ3) is 4.98. The van der Waals surface area contributed by atoms with Crippen LogP contribution in [0.15, 0.2) is 24.3 Å². The summed E-state index contributed by atoms with van der Waals surface area (Å²) >= 11 is 0. The van der Waals surface area contributed by atoms with E-state index in [0.29, 0.717) is 11.4 Å². The van der Waals surface area contributed by atoms with Gasteiger partial charge >= 0.3 is 6.09 Å². The number of amides is 2. The quantitative estimate of drug-likeness (QED) is 0.838. The number of ether oxygens (including phenoxy) is 1. The van der Waals surface area contributed by atoms with Crippen LogP contribution in [0.2, 0.25) is 0 Å². The normalized spacial score (nSPS) is 12.4. The molecular formula is C15H23N3O3. The summed E-state index contributed by atoms with van der Waals surface area (Å²) in [7, 11) is 1.52. The van der Waals surface area contributed by atoms with Crippen LogP contribution in [0.1, 0.15) is 27.7 Å². The summed E-state index contributed by atoms with van der Waals surface area (Å²) in [5, 5.41) is 2.70. The summed E-state index contributed by atoms with van der Waals surface area (Å²) in [4.78, 5) is 25.3. The van der Waals surface area contributed by atoms with E-state index >= 15 is 0 Å². The fourth-order valence-electron chi connectivity index (χ4n) is 1.52. The summed E-state index contributed by atoms with van der Waals surface area (Å²) in [5.41, 5.74) is 6.15. The molecule has 1 atom stereocenters. The highest BCUT2D eigenvalue weighted by Gasteiger charge is 2.27. The zero-order chi connectivity index (χ0) is 16.2. The Kier molecular flexibility index (Phi) is 5.18. The first-order valence-electron chi connectivity index (χ1n) is 6.73. The van der Waals surface area contributed by atoms with Crippen LogP contribution in [0.25, 0.3) is 0 Å². The average Bonchev–Trinajstić information content (AvgIpc) is 2.37. The van der Waals surface area contributed by atoms with E-state index in [-0.39, 0.29) is 5.91 Å². The molecule has 0 fully saturated rings. The lowest BCUT2D eigenvalue weighted by Gasteiger charge is -2.28. The molecule has 0 aromatic heterocycles. The molecule has 0 spiro atoms. The van der Waals surface area contributed by atoms with Crippen molar-refractivity contribution < 1.29 is 14.3 Å². The van der Waals surface area contributed by atoms with Crippen molar-refractivity contribution in [1.29, 1.82) is 0 Å². The molecule has 0 unspecified atom stereocenters. The number of hydrogen-bond donors (Lipinski definition) is 2. The molecule has 0 aliphatic rings. The van der Waals surface area contributed by atoms with Crippen LogP contribution in [0, 0.1) is 0 Å². The average molecular weight is 293 g/mol. The second-order valence-corrected chi connectivity index (χ2v) is 5.84. The lowest BCUT2D eigenvalue weighted by Crippen LogP contribution is -2.45. The van der Waals surface area contributed by atoms with Gasteiger partial charge < -0.3 is 15.8 Å². The molecule has 6 nitrogen and oxygen atoms in total. The number of rotatable bonds is 3. The zero-order valence-corrected chi connectivity index (χ0v) is 13.1. The highest BCUT2D eigenvalue weighted by atomic mass is 16.6. The second kappa shape index (κ2) is 6.47. The van der Waals surface area contributed by atoms with E-state index in [1.807, 2.05) is 0 Å². The van der Waals surface area contributed by atoms with Crippen LogP contribution >= 0.6 is 0 Å². The van der Waals surface area contributed by atoms with Gasteiger partial charge in [0, 0.05) is 7.05 Å². The van der Waals surface area contributed by atoms with Gasteiger partial charge in [0.05, 0.1) is 11.4 Å². The zero-order valence-electron chi connectivity index (χ0n) is 13.1. The minimum Gasteiger partial charge on any atom is -0.444 e. The number of nitrogens with two attached hydrogens (primary N) is 1. The highest BCUT2D eigenvalue weighted by Crippen LogP contribution is 2.18. The number of nitrogens with zero attached hydrogens (tertiary/aromatic N) is 1. The van der Waals surface area contributed by atoms with Crippen molar-refractivity contribution in [3.05, 3.63) is 24.3 Å². The Morgan fingerprint density at radius 2 is 1.86 bits per heavy atom. The monoisotopic (exact) mass is 293 g/mol. The van der Waals surface area contributed by atoms with Gasteiger partial charge in [0.2, 0.25) is 5.91 Å². The van der Waals surface area contributed by atoms with E-state index in [1.54, 1.807) is 52.0 Å². The molecule has 2 amide bonds. The molecule has 0 radical (unpaired) electrons. The van der Waals surface area contributed by atoms with Gasteiger partial charge in [0.1, 0.15) is 11.6 Å². The number of carbonyl (C=O) groups excluding carboxylic acids is 2. The van der Waals surface area contributed by atoms with Crippen LogP contribution < -0.4 is 11.1 Å². The fourth-order valence-corrected chi connectivity index (χ4v) is 1.52. The van der Waals surface area contributed by atoms with Gasteiger partial charge in [-0.25, -0.2) is 4.79 Å². The van der Waals surface area contributed by atoms with E-state index in [2.05, 4.69) is 5.32 Å². The summed E-state index contributed by atoms with van der Waals surface area (Å²) in [6, 6.07) is 6.26. The van der Waals surface area contributed by atoms with Crippen molar-refractivity contribution in [1.82, 2.24) is 4.90 Å². The molecule has 0 saturated carbocycles. The van der Waals surface area contributed by atoms with Crippen LogP contribution in [0.4, 0.5) is 16.2 Å². The van der Waals surface area contributed by atoms with E-state index in [0.717, 1.165) is 0 Å². The molecule has 1 aromatic carbocycles. The topological polar surface area (TPSA) is 84.7 Å². The first-order chi connectivity index (χ1) is 9.61. The number of likely N-dealkylation sites (N-methyl/N-ethyl adjacent to an activating group) is 1. The first kappa shape index (κ1) is 16.8. The van der Waals surface area contributed by atoms with Crippen molar-refractivity contribution in [2.75, 3.05) is 18.1 Å². The number of nitrogens with one attached hydrogen (secondary N) is 1. The van der Waals surface area contributed by atoms with Gasteiger partial charge in [-0.05, 0) is 39.8 Å². The molecule has 6 heteroatoms. The molecule has 0 heterocycles. The van der Waals surface area contributed by atoms with Crippen LogP contribution in [-0.4, -0.2) is 35.6 Å². The number of hydrogen-bond acceptors (Lipinski definition) is 4. The third-order valence-corrected chi connectivity index (χ3v) is 2.86. The summed E-state index contributed by atoms with van der Waals surface area (Å²) in [5.74, 6) is -0.332. The van der Waals surface area contributed by atoms with Gasteiger partial charge in [-0.1, -0.05) is 12.1 Å². The van der Waals surface area contributed by atoms with E-state index in [9.17, 15) is 9.59 Å². The van der Waals surface area contributed by atoms with Gasteiger partial charge in [-0.15, -0.1) is 0 Å². The Labute approximate surface area is 125 Å². The predicted molar refractivity (Wildman–Crippen MR) is 82.9 cm³/mol. The Balaban J connectivity index is 2.70. The van der Waals surface area contributed by atoms with Crippen molar-refractivity contribution in [2.24, 2.45) is 0 Å². The van der Waals surface area contributed by atoms with E-state index in [1.165, 1.54) is 11.9 Å². The molecule has 1 rings (SSSR count). The van der Waals surface area contributed by atoms with E-state index in [4.69, 9.17) is 10.5 Å². The third-order valence-electron chi connectivity index (χ3n) is 2.86. The molecule has 0 bridgehead atoms. The van der Waals surface area contributed by atoms with Crippen LogP contribution in [-0.2, 0) is 9.53 Å². The Morgan fingerprint density at radius 1 is 1.29 bits per heavy atom. The maximum Gasteiger partial charge on any atom is 0.410 e. The van der Waals surface area contributed by atoms with Gasteiger partial charge in [0.15, 0.2) is 0 Å².